The Morgan fingerprint density at radius 1 is 1.38 bits per heavy atom. The van der Waals surface area contributed by atoms with E-state index in [0.717, 1.165) is 70.4 Å². The molecule has 2 N–H and O–H groups in total. The normalized spacial score (nSPS) is 17.9. The molecule has 0 aromatic carbocycles. The number of hydrogen-bond donors (Lipinski definition) is 2. The molecule has 1 aliphatic rings. The van der Waals surface area contributed by atoms with Gasteiger partial charge in [0.15, 0.2) is 5.96 Å². The molecule has 134 valence electrons. The summed E-state index contributed by atoms with van der Waals surface area (Å²) in [5.41, 5.74) is 2.28. The molecule has 0 radical (unpaired) electrons. The Morgan fingerprint density at radius 3 is 2.96 bits per heavy atom. The van der Waals surface area contributed by atoms with E-state index in [1.807, 2.05) is 19.2 Å². The Labute approximate surface area is 145 Å². The van der Waals surface area contributed by atoms with Crippen LogP contribution in [-0.2, 0) is 15.9 Å². The number of pyridine rings is 1. The lowest BCUT2D eigenvalue weighted by atomic mass is 10.1. The van der Waals surface area contributed by atoms with Crippen LogP contribution in [0.5, 0.6) is 0 Å². The standard InChI is InChI=1S/C18H30N4O2/c1-15-4-5-16(12-22-15)6-9-21-18(19-2)20-8-3-10-23-13-17-7-11-24-14-17/h4-5,12,17H,3,6-11,13-14H2,1-2H3,(H2,19,20,21). The second-order valence-electron chi connectivity index (χ2n) is 6.14. The second kappa shape index (κ2) is 11.0. The zero-order valence-electron chi connectivity index (χ0n) is 14.9. The highest BCUT2D eigenvalue weighted by molar-refractivity contribution is 5.79. The van der Waals surface area contributed by atoms with Crippen LogP contribution in [0.25, 0.3) is 0 Å². The fourth-order valence-electron chi connectivity index (χ4n) is 2.54. The smallest absolute Gasteiger partial charge is 0.190 e. The van der Waals surface area contributed by atoms with E-state index in [9.17, 15) is 0 Å². The van der Waals surface area contributed by atoms with Gasteiger partial charge >= 0.3 is 0 Å². The van der Waals surface area contributed by atoms with Crippen LogP contribution in [-0.4, -0.2) is 57.5 Å². The topological polar surface area (TPSA) is 67.8 Å². The van der Waals surface area contributed by atoms with Gasteiger partial charge in [-0.05, 0) is 37.8 Å². The molecule has 24 heavy (non-hydrogen) atoms. The van der Waals surface area contributed by atoms with Crippen LogP contribution in [0.4, 0.5) is 0 Å². The van der Waals surface area contributed by atoms with Crippen molar-refractivity contribution < 1.29 is 9.47 Å². The Balaban J connectivity index is 1.49. The van der Waals surface area contributed by atoms with Crippen molar-refractivity contribution in [1.82, 2.24) is 15.6 Å². The molecule has 1 saturated heterocycles. The van der Waals surface area contributed by atoms with Crippen LogP contribution in [0, 0.1) is 12.8 Å². The molecule has 2 rings (SSSR count). The van der Waals surface area contributed by atoms with E-state index in [2.05, 4.69) is 26.7 Å². The fraction of sp³-hybridized carbons (Fsp3) is 0.667. The van der Waals surface area contributed by atoms with Gasteiger partial charge in [-0.1, -0.05) is 6.07 Å². The van der Waals surface area contributed by atoms with Gasteiger partial charge in [-0.3, -0.25) is 9.98 Å². The summed E-state index contributed by atoms with van der Waals surface area (Å²) in [4.78, 5) is 8.54. The van der Waals surface area contributed by atoms with Crippen LogP contribution in [0.15, 0.2) is 23.3 Å². The van der Waals surface area contributed by atoms with E-state index >= 15 is 0 Å². The maximum absolute atomic E-state index is 5.69. The number of aromatic nitrogens is 1. The van der Waals surface area contributed by atoms with Crippen molar-refractivity contribution in [2.45, 2.75) is 26.2 Å². The van der Waals surface area contributed by atoms with Crippen LogP contribution in [0.1, 0.15) is 24.1 Å². The number of hydrogen-bond acceptors (Lipinski definition) is 4. The Kier molecular flexibility index (Phi) is 8.55. The average molecular weight is 334 g/mol. The predicted octanol–water partition coefficient (Wildman–Crippen LogP) is 1.54. The monoisotopic (exact) mass is 334 g/mol. The molecular weight excluding hydrogens is 304 g/mol. The molecule has 0 aliphatic carbocycles. The van der Waals surface area contributed by atoms with Crippen LogP contribution in [0.2, 0.25) is 0 Å². The number of nitrogens with zero attached hydrogens (tertiary/aromatic N) is 2. The lowest BCUT2D eigenvalue weighted by Crippen LogP contribution is -2.39. The maximum atomic E-state index is 5.69. The first-order valence-electron chi connectivity index (χ1n) is 8.79. The number of aryl methyl sites for hydroxylation is 1. The summed E-state index contributed by atoms with van der Waals surface area (Å²) in [6.45, 7) is 7.02. The zero-order chi connectivity index (χ0) is 17.0. The van der Waals surface area contributed by atoms with Gasteiger partial charge in [0.1, 0.15) is 0 Å². The largest absolute Gasteiger partial charge is 0.381 e. The summed E-state index contributed by atoms with van der Waals surface area (Å²) >= 11 is 0. The lowest BCUT2D eigenvalue weighted by Gasteiger charge is -2.12. The summed E-state index contributed by atoms with van der Waals surface area (Å²) in [5.74, 6) is 1.42. The van der Waals surface area contributed by atoms with Crippen LogP contribution >= 0.6 is 0 Å². The number of rotatable bonds is 9. The van der Waals surface area contributed by atoms with Crippen LogP contribution < -0.4 is 10.6 Å². The minimum absolute atomic E-state index is 0.587. The van der Waals surface area contributed by atoms with E-state index < -0.39 is 0 Å². The van der Waals surface area contributed by atoms with Crippen molar-refractivity contribution >= 4 is 5.96 Å². The first-order valence-corrected chi connectivity index (χ1v) is 8.79. The minimum atomic E-state index is 0.587. The van der Waals surface area contributed by atoms with Gasteiger partial charge in [0, 0.05) is 51.2 Å². The number of nitrogens with one attached hydrogen (secondary N) is 2. The van der Waals surface area contributed by atoms with Gasteiger partial charge in [-0.15, -0.1) is 0 Å². The molecule has 0 saturated carbocycles. The van der Waals surface area contributed by atoms with Crippen molar-refractivity contribution in [3.05, 3.63) is 29.6 Å². The molecule has 1 aromatic rings. The first-order chi connectivity index (χ1) is 11.8. The van der Waals surface area contributed by atoms with Crippen molar-refractivity contribution in [2.24, 2.45) is 10.9 Å². The van der Waals surface area contributed by atoms with Gasteiger partial charge in [-0.25, -0.2) is 0 Å². The molecule has 6 heteroatoms. The molecule has 1 fully saturated rings. The Morgan fingerprint density at radius 2 is 2.25 bits per heavy atom. The summed E-state index contributed by atoms with van der Waals surface area (Å²) in [7, 11) is 1.79. The Bertz CT molecular complexity index is 484. The molecule has 0 bridgehead atoms. The van der Waals surface area contributed by atoms with Crippen LogP contribution in [0.3, 0.4) is 0 Å². The molecule has 1 atom stereocenters. The third-order valence-electron chi connectivity index (χ3n) is 4.04. The lowest BCUT2D eigenvalue weighted by molar-refractivity contribution is 0.0888. The van der Waals surface area contributed by atoms with E-state index in [1.165, 1.54) is 5.56 Å². The zero-order valence-corrected chi connectivity index (χ0v) is 14.9. The summed E-state index contributed by atoms with van der Waals surface area (Å²) in [5, 5.41) is 6.63. The average Bonchev–Trinajstić information content (AvgIpc) is 3.11. The molecule has 1 unspecified atom stereocenters. The second-order valence-corrected chi connectivity index (χ2v) is 6.14. The molecule has 6 nitrogen and oxygen atoms in total. The molecule has 1 aliphatic heterocycles. The molecule has 2 heterocycles. The highest BCUT2D eigenvalue weighted by Crippen LogP contribution is 2.12. The van der Waals surface area contributed by atoms with Crippen molar-refractivity contribution in [3.8, 4) is 0 Å². The van der Waals surface area contributed by atoms with E-state index in [4.69, 9.17) is 9.47 Å². The summed E-state index contributed by atoms with van der Waals surface area (Å²) in [6.07, 6.45) is 4.96. The van der Waals surface area contributed by atoms with E-state index in [1.54, 1.807) is 7.05 Å². The first kappa shape index (κ1) is 18.7. The van der Waals surface area contributed by atoms with Gasteiger partial charge in [0.25, 0.3) is 0 Å². The van der Waals surface area contributed by atoms with Gasteiger partial charge in [-0.2, -0.15) is 0 Å². The highest BCUT2D eigenvalue weighted by atomic mass is 16.5. The van der Waals surface area contributed by atoms with Crippen molar-refractivity contribution in [1.29, 1.82) is 0 Å². The predicted molar refractivity (Wildman–Crippen MR) is 96.4 cm³/mol. The summed E-state index contributed by atoms with van der Waals surface area (Å²) in [6, 6.07) is 4.16. The molecule has 1 aromatic heterocycles. The third-order valence-corrected chi connectivity index (χ3v) is 4.04. The Hall–Kier alpha value is -1.66. The number of guanidine groups is 1. The quantitative estimate of drug-likeness (QED) is 0.407. The van der Waals surface area contributed by atoms with Gasteiger partial charge < -0.3 is 20.1 Å². The SMILES string of the molecule is CN=C(NCCCOCC1CCOC1)NCCc1ccc(C)nc1. The van der Waals surface area contributed by atoms with E-state index in [-0.39, 0.29) is 0 Å². The molecule has 0 spiro atoms. The van der Waals surface area contributed by atoms with E-state index in [0.29, 0.717) is 5.92 Å². The van der Waals surface area contributed by atoms with Crippen molar-refractivity contribution in [2.75, 3.05) is 46.6 Å². The van der Waals surface area contributed by atoms with Crippen molar-refractivity contribution in [3.63, 3.8) is 0 Å². The third kappa shape index (κ3) is 7.27. The highest BCUT2D eigenvalue weighted by Gasteiger charge is 2.15. The number of ether oxygens (including phenoxy) is 2. The maximum Gasteiger partial charge on any atom is 0.190 e. The fourth-order valence-corrected chi connectivity index (χ4v) is 2.54. The summed E-state index contributed by atoms with van der Waals surface area (Å²) < 4.78 is 11.0. The number of aliphatic imine (C=N–C) groups is 1. The van der Waals surface area contributed by atoms with Gasteiger partial charge in [0.2, 0.25) is 0 Å². The molecular formula is C18H30N4O2. The minimum Gasteiger partial charge on any atom is -0.381 e. The van der Waals surface area contributed by atoms with Gasteiger partial charge in [0.05, 0.1) is 13.2 Å². The molecule has 0 amide bonds.